The van der Waals surface area contributed by atoms with Gasteiger partial charge in [0, 0.05) is 28.1 Å². The summed E-state index contributed by atoms with van der Waals surface area (Å²) in [5.41, 5.74) is -1.29. The quantitative estimate of drug-likeness (QED) is 0.239. The van der Waals surface area contributed by atoms with E-state index in [1.165, 1.54) is 0 Å². The number of nitrogens with zero attached hydrogens (tertiary/aromatic N) is 1. The summed E-state index contributed by atoms with van der Waals surface area (Å²) in [6, 6.07) is 4.44. The van der Waals surface area contributed by atoms with Gasteiger partial charge in [0.05, 0.1) is 6.04 Å². The van der Waals surface area contributed by atoms with Crippen LogP contribution in [0.5, 0.6) is 0 Å². The Balaban J connectivity index is 1.90. The number of carboxylic acids is 1. The zero-order chi connectivity index (χ0) is 26.6. The van der Waals surface area contributed by atoms with Crippen molar-refractivity contribution in [1.82, 2.24) is 10.2 Å². The van der Waals surface area contributed by atoms with Gasteiger partial charge in [0.25, 0.3) is 11.8 Å². The Morgan fingerprint density at radius 1 is 0.889 bits per heavy atom. The van der Waals surface area contributed by atoms with Crippen molar-refractivity contribution in [3.8, 4) is 0 Å². The van der Waals surface area contributed by atoms with Crippen molar-refractivity contribution in [2.24, 2.45) is 0 Å². The number of halogens is 2. The summed E-state index contributed by atoms with van der Waals surface area (Å²) < 4.78 is 27.7. The molecule has 0 radical (unpaired) electrons. The molecule has 1 fully saturated rings. The first-order chi connectivity index (χ1) is 17.0. The maximum absolute atomic E-state index is 13.9. The highest BCUT2D eigenvalue weighted by atomic mass is 19.1. The van der Waals surface area contributed by atoms with Gasteiger partial charge in [-0.05, 0) is 49.2 Å². The van der Waals surface area contributed by atoms with Crippen LogP contribution in [0.1, 0.15) is 46.4 Å². The minimum atomic E-state index is -2.19. The summed E-state index contributed by atoms with van der Waals surface area (Å²) in [7, 11) is -4.33. The van der Waals surface area contributed by atoms with Crippen LogP contribution in [0.2, 0.25) is 0 Å². The van der Waals surface area contributed by atoms with Crippen LogP contribution in [-0.2, 0) is 4.79 Å². The molecular formula is C22H24B2F2N2O8. The minimum absolute atomic E-state index is 0.0694. The van der Waals surface area contributed by atoms with Crippen LogP contribution in [0.25, 0.3) is 0 Å². The van der Waals surface area contributed by atoms with Crippen molar-refractivity contribution < 1.29 is 48.4 Å². The third-order valence-corrected chi connectivity index (χ3v) is 6.07. The van der Waals surface area contributed by atoms with E-state index in [0.717, 1.165) is 41.3 Å². The molecule has 6 N–H and O–H groups in total. The third-order valence-electron chi connectivity index (χ3n) is 6.07. The largest absolute Gasteiger partial charge is 0.491 e. The van der Waals surface area contributed by atoms with Gasteiger partial charge in [0.2, 0.25) is 0 Å². The highest BCUT2D eigenvalue weighted by Crippen LogP contribution is 2.25. The third kappa shape index (κ3) is 6.26. The first kappa shape index (κ1) is 27.3. The number of hydrogen-bond donors (Lipinski definition) is 6. The van der Waals surface area contributed by atoms with Crippen molar-refractivity contribution in [2.75, 3.05) is 6.54 Å². The molecule has 2 atom stereocenters. The van der Waals surface area contributed by atoms with Crippen molar-refractivity contribution in [1.29, 1.82) is 0 Å². The van der Waals surface area contributed by atoms with E-state index in [1.54, 1.807) is 0 Å². The van der Waals surface area contributed by atoms with E-state index in [4.69, 9.17) is 0 Å². The van der Waals surface area contributed by atoms with Crippen LogP contribution in [0.3, 0.4) is 0 Å². The van der Waals surface area contributed by atoms with Crippen molar-refractivity contribution in [2.45, 2.75) is 37.8 Å². The molecule has 3 rings (SSSR count). The van der Waals surface area contributed by atoms with Crippen molar-refractivity contribution >= 4 is 42.9 Å². The Morgan fingerprint density at radius 3 is 1.97 bits per heavy atom. The molecule has 1 aliphatic rings. The number of aliphatic carboxylic acids is 1. The fourth-order valence-corrected chi connectivity index (χ4v) is 4.31. The van der Waals surface area contributed by atoms with E-state index in [-0.39, 0.29) is 11.1 Å². The van der Waals surface area contributed by atoms with Gasteiger partial charge in [0.15, 0.2) is 0 Å². The van der Waals surface area contributed by atoms with E-state index in [0.29, 0.717) is 25.7 Å². The van der Waals surface area contributed by atoms with E-state index < -0.39 is 73.2 Å². The number of hydrogen-bond acceptors (Lipinski definition) is 7. The molecule has 0 saturated heterocycles. The number of carbonyl (C=O) groups is 3. The monoisotopic (exact) mass is 504 g/mol. The van der Waals surface area contributed by atoms with E-state index in [2.05, 4.69) is 5.32 Å². The van der Waals surface area contributed by atoms with Gasteiger partial charge in [-0.15, -0.1) is 0 Å². The van der Waals surface area contributed by atoms with Gasteiger partial charge in [-0.1, -0.05) is 12.8 Å². The molecule has 0 spiro atoms. The molecule has 2 amide bonds. The number of carboxylic acid groups (broad SMARTS) is 1. The normalized spacial score (nSPS) is 17.3. The van der Waals surface area contributed by atoms with Gasteiger partial charge < -0.3 is 35.4 Å². The highest BCUT2D eigenvalue weighted by Gasteiger charge is 2.36. The predicted molar refractivity (Wildman–Crippen MR) is 125 cm³/mol. The molecule has 36 heavy (non-hydrogen) atoms. The summed E-state index contributed by atoms with van der Waals surface area (Å²) in [4.78, 5) is 38.8. The van der Waals surface area contributed by atoms with E-state index in [1.807, 2.05) is 0 Å². The molecule has 0 heterocycles. The fraction of sp³-hybridized carbons (Fsp3) is 0.318. The number of carbonyl (C=O) groups excluding carboxylic acids is 2. The fourth-order valence-electron chi connectivity index (χ4n) is 4.31. The van der Waals surface area contributed by atoms with Crippen molar-refractivity contribution in [3.05, 3.63) is 59.2 Å². The second-order valence-corrected chi connectivity index (χ2v) is 8.48. The smallest absolute Gasteiger partial charge is 0.480 e. The Kier molecular flexibility index (Phi) is 8.79. The van der Waals surface area contributed by atoms with Crippen LogP contribution < -0.4 is 16.2 Å². The lowest BCUT2D eigenvalue weighted by Crippen LogP contribution is -2.56. The Labute approximate surface area is 205 Å². The summed E-state index contributed by atoms with van der Waals surface area (Å²) in [6.07, 6.45) is 2.02. The molecule has 1 aliphatic carbocycles. The maximum atomic E-state index is 13.9. The summed E-state index contributed by atoms with van der Waals surface area (Å²) in [5, 5.41) is 49.5. The number of amides is 2. The van der Waals surface area contributed by atoms with Crippen LogP contribution in [-0.4, -0.2) is 80.8 Å². The molecule has 0 aliphatic heterocycles. The summed E-state index contributed by atoms with van der Waals surface area (Å²) in [5.74, 6) is -4.70. The lowest BCUT2D eigenvalue weighted by atomic mass is 9.79. The molecule has 2 aromatic rings. The summed E-state index contributed by atoms with van der Waals surface area (Å²) >= 11 is 0. The molecule has 0 aromatic heterocycles. The molecule has 190 valence electrons. The van der Waals surface area contributed by atoms with Gasteiger partial charge in [-0.3, -0.25) is 14.4 Å². The van der Waals surface area contributed by atoms with Crippen LogP contribution in [0.4, 0.5) is 8.78 Å². The van der Waals surface area contributed by atoms with Gasteiger partial charge in [-0.25, -0.2) is 8.78 Å². The predicted octanol–water partition coefficient (Wildman–Crippen LogP) is -1.41. The highest BCUT2D eigenvalue weighted by molar-refractivity contribution is 6.59. The zero-order valence-corrected chi connectivity index (χ0v) is 19.0. The van der Waals surface area contributed by atoms with Crippen molar-refractivity contribution in [3.63, 3.8) is 0 Å². The molecule has 2 aromatic carbocycles. The summed E-state index contributed by atoms with van der Waals surface area (Å²) in [6.45, 7) is -0.734. The molecular weight excluding hydrogens is 480 g/mol. The van der Waals surface area contributed by atoms with Gasteiger partial charge >= 0.3 is 20.2 Å². The second kappa shape index (κ2) is 11.6. The Hall–Kier alpha value is -3.32. The Bertz CT molecular complexity index is 1150. The number of benzene rings is 2. The topological polar surface area (TPSA) is 168 Å². The average Bonchev–Trinajstić information content (AvgIpc) is 2.82. The maximum Gasteiger partial charge on any atom is 0.491 e. The van der Waals surface area contributed by atoms with E-state index >= 15 is 0 Å². The molecule has 0 unspecified atom stereocenters. The van der Waals surface area contributed by atoms with Gasteiger partial charge in [0.1, 0.15) is 18.2 Å². The van der Waals surface area contributed by atoms with Crippen LogP contribution in [0, 0.1) is 11.6 Å². The SMILES string of the molecule is O=C(O)CN(C(=O)c1ccc(F)c(B(O)O)c1)[C@H]1CCCC[C@H]1NC(=O)c1ccc(F)c(B(O)O)c1. The van der Waals surface area contributed by atoms with Gasteiger partial charge in [-0.2, -0.15) is 0 Å². The lowest BCUT2D eigenvalue weighted by Gasteiger charge is -2.39. The minimum Gasteiger partial charge on any atom is -0.480 e. The van der Waals surface area contributed by atoms with Crippen LogP contribution >= 0.6 is 0 Å². The lowest BCUT2D eigenvalue weighted by molar-refractivity contribution is -0.138. The number of rotatable bonds is 8. The molecule has 14 heteroatoms. The second-order valence-electron chi connectivity index (χ2n) is 8.48. The first-order valence-corrected chi connectivity index (χ1v) is 11.1. The molecule has 10 nitrogen and oxygen atoms in total. The standard InChI is InChI=1S/C22H24B2F2N2O8/c25-16-7-5-12(9-14(16)23(33)34)21(31)27-18-3-1-2-4-19(18)28(11-20(29)30)22(32)13-6-8-17(26)15(10-13)24(35)36/h5-10,18-19,33-36H,1-4,11H2,(H,27,31)(H,29,30)/t18-,19+/m1/s1. The Morgan fingerprint density at radius 2 is 1.42 bits per heavy atom. The van der Waals surface area contributed by atoms with Crippen LogP contribution in [0.15, 0.2) is 36.4 Å². The van der Waals surface area contributed by atoms with E-state index in [9.17, 15) is 48.4 Å². The first-order valence-electron chi connectivity index (χ1n) is 11.1. The molecule has 1 saturated carbocycles. The molecule has 0 bridgehead atoms. The average molecular weight is 504 g/mol. The number of nitrogens with one attached hydrogen (secondary N) is 1. The zero-order valence-electron chi connectivity index (χ0n) is 19.0.